The lowest BCUT2D eigenvalue weighted by atomic mass is 10.2. The van der Waals surface area contributed by atoms with Crippen LogP contribution in [0.2, 0.25) is 0 Å². The third-order valence-electron chi connectivity index (χ3n) is 4.64. The molecule has 0 spiro atoms. The Morgan fingerprint density at radius 3 is 2.10 bits per heavy atom. The van der Waals surface area contributed by atoms with Crippen molar-refractivity contribution < 1.29 is 19.1 Å². The number of anilines is 2. The lowest BCUT2D eigenvalue weighted by Gasteiger charge is -2.34. The van der Waals surface area contributed by atoms with E-state index in [9.17, 15) is 9.59 Å². The predicted octanol–water partition coefficient (Wildman–Crippen LogP) is 3.00. The highest BCUT2D eigenvalue weighted by Crippen LogP contribution is 2.17. The molecule has 2 aromatic carbocycles. The third-order valence-corrected chi connectivity index (χ3v) is 4.64. The molecule has 2 atom stereocenters. The number of rotatable bonds is 6. The van der Waals surface area contributed by atoms with E-state index in [1.165, 1.54) is 0 Å². The van der Waals surface area contributed by atoms with E-state index in [-0.39, 0.29) is 24.0 Å². The Bertz CT molecular complexity index is 826. The molecule has 3 rings (SSSR count). The van der Waals surface area contributed by atoms with Gasteiger partial charge in [-0.3, -0.25) is 14.5 Å². The second kappa shape index (κ2) is 9.54. The first-order chi connectivity index (χ1) is 13.9. The number of nitrogens with zero attached hydrogens (tertiary/aromatic N) is 1. The molecule has 154 valence electrons. The molecule has 0 unspecified atom stereocenters. The molecule has 2 N–H and O–H groups in total. The highest BCUT2D eigenvalue weighted by molar-refractivity contribution is 6.04. The Morgan fingerprint density at radius 2 is 1.52 bits per heavy atom. The van der Waals surface area contributed by atoms with E-state index in [4.69, 9.17) is 9.47 Å². The summed E-state index contributed by atoms with van der Waals surface area (Å²) in [5.74, 6) is 0.426. The molecule has 7 heteroatoms. The van der Waals surface area contributed by atoms with Crippen LogP contribution in [0.25, 0.3) is 0 Å². The van der Waals surface area contributed by atoms with Gasteiger partial charge in [0.05, 0.1) is 25.9 Å². The number of hydrogen-bond acceptors (Lipinski definition) is 5. The fraction of sp³-hybridized carbons (Fsp3) is 0.364. The molecular weight excluding hydrogens is 370 g/mol. The number of methoxy groups -OCH3 is 1. The smallest absolute Gasteiger partial charge is 0.255 e. The zero-order valence-corrected chi connectivity index (χ0v) is 17.0. The monoisotopic (exact) mass is 397 g/mol. The van der Waals surface area contributed by atoms with E-state index in [1.54, 1.807) is 55.6 Å². The minimum absolute atomic E-state index is 0.0817. The second-order valence-electron chi connectivity index (χ2n) is 7.26. The summed E-state index contributed by atoms with van der Waals surface area (Å²) in [7, 11) is 1.59. The van der Waals surface area contributed by atoms with Crippen molar-refractivity contribution in [2.45, 2.75) is 26.1 Å². The van der Waals surface area contributed by atoms with Crippen LogP contribution < -0.4 is 15.4 Å². The van der Waals surface area contributed by atoms with Crippen molar-refractivity contribution >= 4 is 23.2 Å². The van der Waals surface area contributed by atoms with Crippen molar-refractivity contribution in [2.75, 3.05) is 37.4 Å². The first kappa shape index (κ1) is 20.8. The van der Waals surface area contributed by atoms with Gasteiger partial charge in [0.25, 0.3) is 5.91 Å². The minimum atomic E-state index is -0.218. The van der Waals surface area contributed by atoms with Crippen molar-refractivity contribution in [3.05, 3.63) is 54.1 Å². The average Bonchev–Trinajstić information content (AvgIpc) is 2.68. The van der Waals surface area contributed by atoms with Gasteiger partial charge >= 0.3 is 0 Å². The molecule has 0 bridgehead atoms. The molecule has 1 aliphatic heterocycles. The third kappa shape index (κ3) is 6.04. The lowest BCUT2D eigenvalue weighted by molar-refractivity contribution is -0.121. The van der Waals surface area contributed by atoms with Gasteiger partial charge in [-0.05, 0) is 62.4 Å². The van der Waals surface area contributed by atoms with Gasteiger partial charge in [-0.25, -0.2) is 0 Å². The molecule has 1 heterocycles. The van der Waals surface area contributed by atoms with Crippen LogP contribution in [0.15, 0.2) is 48.5 Å². The van der Waals surface area contributed by atoms with Gasteiger partial charge in [-0.1, -0.05) is 0 Å². The van der Waals surface area contributed by atoms with Crippen LogP contribution in [-0.4, -0.2) is 55.7 Å². The van der Waals surface area contributed by atoms with Gasteiger partial charge in [-0.15, -0.1) is 0 Å². The first-order valence-electron chi connectivity index (χ1n) is 9.66. The number of nitrogens with one attached hydrogen (secondary N) is 2. The number of morpholine rings is 1. The lowest BCUT2D eigenvalue weighted by Crippen LogP contribution is -2.48. The minimum Gasteiger partial charge on any atom is -0.497 e. The van der Waals surface area contributed by atoms with Crippen LogP contribution in [0.3, 0.4) is 0 Å². The van der Waals surface area contributed by atoms with Crippen LogP contribution in [0.1, 0.15) is 24.2 Å². The number of benzene rings is 2. The molecule has 0 aliphatic carbocycles. The maximum atomic E-state index is 12.4. The summed E-state index contributed by atoms with van der Waals surface area (Å²) in [6, 6.07) is 13.9. The largest absolute Gasteiger partial charge is 0.497 e. The van der Waals surface area contributed by atoms with Crippen molar-refractivity contribution in [1.82, 2.24) is 4.90 Å². The Labute approximate surface area is 171 Å². The number of carbonyl (C=O) groups excluding carboxylic acids is 2. The summed E-state index contributed by atoms with van der Waals surface area (Å²) in [5, 5.41) is 5.71. The van der Waals surface area contributed by atoms with Crippen molar-refractivity contribution in [3.63, 3.8) is 0 Å². The van der Waals surface area contributed by atoms with E-state index in [2.05, 4.69) is 15.5 Å². The van der Waals surface area contributed by atoms with Crippen LogP contribution in [0.4, 0.5) is 11.4 Å². The molecule has 0 radical (unpaired) electrons. The van der Waals surface area contributed by atoms with Crippen LogP contribution >= 0.6 is 0 Å². The number of amides is 2. The Morgan fingerprint density at radius 1 is 0.966 bits per heavy atom. The van der Waals surface area contributed by atoms with Crippen LogP contribution in [0, 0.1) is 0 Å². The zero-order valence-electron chi connectivity index (χ0n) is 17.0. The first-order valence-corrected chi connectivity index (χ1v) is 9.66. The quantitative estimate of drug-likeness (QED) is 0.783. The molecule has 2 aromatic rings. The van der Waals surface area contributed by atoms with Gasteiger partial charge < -0.3 is 20.1 Å². The van der Waals surface area contributed by atoms with Crippen molar-refractivity contribution in [2.24, 2.45) is 0 Å². The van der Waals surface area contributed by atoms with Gasteiger partial charge in [0, 0.05) is 30.0 Å². The summed E-state index contributed by atoms with van der Waals surface area (Å²) in [6.45, 7) is 5.81. The van der Waals surface area contributed by atoms with E-state index < -0.39 is 0 Å². The van der Waals surface area contributed by atoms with Crippen LogP contribution in [0.5, 0.6) is 5.75 Å². The number of hydrogen-bond donors (Lipinski definition) is 2. The molecule has 0 aromatic heterocycles. The highest BCUT2D eigenvalue weighted by Gasteiger charge is 2.23. The van der Waals surface area contributed by atoms with Crippen LogP contribution in [-0.2, 0) is 9.53 Å². The van der Waals surface area contributed by atoms with Crippen molar-refractivity contribution in [3.8, 4) is 5.75 Å². The average molecular weight is 397 g/mol. The summed E-state index contributed by atoms with van der Waals surface area (Å²) in [4.78, 5) is 26.8. The molecule has 7 nitrogen and oxygen atoms in total. The Balaban J connectivity index is 1.52. The number of carbonyl (C=O) groups is 2. The van der Waals surface area contributed by atoms with Gasteiger partial charge in [0.1, 0.15) is 5.75 Å². The maximum absolute atomic E-state index is 12.4. The zero-order chi connectivity index (χ0) is 20.8. The fourth-order valence-corrected chi connectivity index (χ4v) is 3.40. The molecule has 1 aliphatic rings. The SMILES string of the molecule is COc1ccc(NC(=O)c2ccc(NC(=O)CN3C[C@H](C)O[C@@H](C)C3)cc2)cc1. The highest BCUT2D eigenvalue weighted by atomic mass is 16.5. The summed E-state index contributed by atoms with van der Waals surface area (Å²) >= 11 is 0. The van der Waals surface area contributed by atoms with E-state index in [1.807, 2.05) is 13.8 Å². The summed E-state index contributed by atoms with van der Waals surface area (Å²) < 4.78 is 10.8. The number of ether oxygens (including phenoxy) is 2. The van der Waals surface area contributed by atoms with Gasteiger partial charge in [-0.2, -0.15) is 0 Å². The van der Waals surface area contributed by atoms with E-state index in [0.717, 1.165) is 18.8 Å². The normalized spacial score (nSPS) is 19.4. The fourth-order valence-electron chi connectivity index (χ4n) is 3.40. The van der Waals surface area contributed by atoms with Gasteiger partial charge in [0.2, 0.25) is 5.91 Å². The Kier molecular flexibility index (Phi) is 6.85. The molecule has 1 saturated heterocycles. The van der Waals surface area contributed by atoms with Crippen molar-refractivity contribution in [1.29, 1.82) is 0 Å². The second-order valence-corrected chi connectivity index (χ2v) is 7.26. The molecular formula is C22H27N3O4. The molecule has 29 heavy (non-hydrogen) atoms. The molecule has 0 saturated carbocycles. The summed E-state index contributed by atoms with van der Waals surface area (Å²) in [6.07, 6.45) is 0.241. The summed E-state index contributed by atoms with van der Waals surface area (Å²) in [5.41, 5.74) is 1.85. The standard InChI is InChI=1S/C22H27N3O4/c1-15-12-25(13-16(2)29-15)14-21(26)23-18-6-4-17(5-7-18)22(27)24-19-8-10-20(28-3)11-9-19/h4-11,15-16H,12-14H2,1-3H3,(H,23,26)(H,24,27)/t15-,16-/m0/s1. The molecule has 1 fully saturated rings. The van der Waals surface area contributed by atoms with Gasteiger partial charge in [0.15, 0.2) is 0 Å². The van der Waals surface area contributed by atoms with E-state index >= 15 is 0 Å². The Hall–Kier alpha value is -2.90. The molecule has 2 amide bonds. The topological polar surface area (TPSA) is 79.9 Å². The predicted molar refractivity (Wildman–Crippen MR) is 112 cm³/mol. The van der Waals surface area contributed by atoms with E-state index in [0.29, 0.717) is 23.5 Å². The maximum Gasteiger partial charge on any atom is 0.255 e.